The van der Waals surface area contributed by atoms with Crippen LogP contribution in [0.5, 0.6) is 5.75 Å². The van der Waals surface area contributed by atoms with Gasteiger partial charge in [0.25, 0.3) is 0 Å². The Kier molecular flexibility index (Phi) is 4.88. The Bertz CT molecular complexity index is 379. The minimum atomic E-state index is 0.567. The summed E-state index contributed by atoms with van der Waals surface area (Å²) in [5.41, 5.74) is 2.38. The lowest BCUT2D eigenvalue weighted by atomic mass is 10.1. The topological polar surface area (TPSA) is 33.3 Å². The number of fused-ring (bicyclic) bond motifs is 1. The molecule has 1 aromatic carbocycles. The monoisotopic (exact) mass is 248 g/mol. The first kappa shape index (κ1) is 13.2. The van der Waals surface area contributed by atoms with Crippen LogP contribution in [0.1, 0.15) is 38.7 Å². The highest BCUT2D eigenvalue weighted by Crippen LogP contribution is 2.31. The Morgan fingerprint density at radius 2 is 2.33 bits per heavy atom. The highest BCUT2D eigenvalue weighted by Gasteiger charge is 2.13. The molecule has 0 radical (unpaired) electrons. The van der Waals surface area contributed by atoms with Crippen molar-refractivity contribution in [2.24, 2.45) is 0 Å². The molecule has 0 fully saturated rings. The van der Waals surface area contributed by atoms with Gasteiger partial charge in [-0.2, -0.15) is 0 Å². The lowest BCUT2D eigenvalue weighted by molar-refractivity contribution is 0.318. The Balaban J connectivity index is 1.93. The van der Waals surface area contributed by atoms with Crippen molar-refractivity contribution < 1.29 is 4.74 Å². The predicted molar refractivity (Wildman–Crippen MR) is 76.3 cm³/mol. The van der Waals surface area contributed by atoms with Gasteiger partial charge in [0.2, 0.25) is 0 Å². The van der Waals surface area contributed by atoms with Crippen molar-refractivity contribution in [2.75, 3.05) is 18.5 Å². The van der Waals surface area contributed by atoms with Gasteiger partial charge in [0.1, 0.15) is 12.4 Å². The van der Waals surface area contributed by atoms with Crippen LogP contribution >= 0.6 is 0 Å². The largest absolute Gasteiger partial charge is 0.489 e. The van der Waals surface area contributed by atoms with Gasteiger partial charge in [0, 0.05) is 24.7 Å². The van der Waals surface area contributed by atoms with E-state index in [0.29, 0.717) is 6.04 Å². The minimum Gasteiger partial charge on any atom is -0.489 e. The molecule has 1 atom stereocenters. The number of nitrogens with one attached hydrogen (secondary N) is 2. The molecular formula is C15H24N2O. The molecule has 3 heteroatoms. The molecule has 0 aromatic heterocycles. The van der Waals surface area contributed by atoms with Gasteiger partial charge < -0.3 is 15.4 Å². The quantitative estimate of drug-likeness (QED) is 0.811. The van der Waals surface area contributed by atoms with Gasteiger partial charge >= 0.3 is 0 Å². The molecule has 0 saturated heterocycles. The van der Waals surface area contributed by atoms with Crippen LogP contribution in [0.15, 0.2) is 18.2 Å². The second-order valence-corrected chi connectivity index (χ2v) is 4.99. The van der Waals surface area contributed by atoms with Gasteiger partial charge in [-0.1, -0.05) is 31.9 Å². The number of benzene rings is 1. The number of anilines is 1. The highest BCUT2D eigenvalue weighted by atomic mass is 16.5. The van der Waals surface area contributed by atoms with E-state index in [4.69, 9.17) is 4.74 Å². The number of ether oxygens (including phenoxy) is 1. The second-order valence-electron chi connectivity index (χ2n) is 4.99. The summed E-state index contributed by atoms with van der Waals surface area (Å²) in [5, 5.41) is 6.95. The maximum absolute atomic E-state index is 5.77. The molecule has 0 saturated carbocycles. The summed E-state index contributed by atoms with van der Waals surface area (Å²) in [6, 6.07) is 6.88. The van der Waals surface area contributed by atoms with Gasteiger partial charge in [0.05, 0.1) is 5.69 Å². The van der Waals surface area contributed by atoms with Crippen molar-refractivity contribution in [3.8, 4) is 5.75 Å². The van der Waals surface area contributed by atoms with Crippen molar-refractivity contribution in [1.29, 1.82) is 0 Å². The summed E-state index contributed by atoms with van der Waals surface area (Å²) in [4.78, 5) is 0. The summed E-state index contributed by atoms with van der Waals surface area (Å²) in [6.45, 7) is 7.03. The molecule has 3 nitrogen and oxygen atoms in total. The van der Waals surface area contributed by atoms with E-state index in [2.05, 4.69) is 42.7 Å². The Hall–Kier alpha value is -1.22. The van der Waals surface area contributed by atoms with E-state index in [1.807, 2.05) is 0 Å². The molecule has 1 unspecified atom stereocenters. The molecule has 18 heavy (non-hydrogen) atoms. The molecule has 1 aromatic rings. The van der Waals surface area contributed by atoms with Gasteiger partial charge in [0.15, 0.2) is 0 Å². The second kappa shape index (κ2) is 6.64. The standard InChI is InChI=1S/C15H24N2O/c1-3-4-6-12(2)17-11-13-7-5-8-14-15(13)18-10-9-16-14/h5,7-8,12,16-17H,3-4,6,9-11H2,1-2H3. The fourth-order valence-corrected chi connectivity index (χ4v) is 2.27. The lowest BCUT2D eigenvalue weighted by Gasteiger charge is -2.22. The van der Waals surface area contributed by atoms with Crippen molar-refractivity contribution >= 4 is 5.69 Å². The Labute approximate surface area is 110 Å². The molecule has 0 spiro atoms. The maximum Gasteiger partial charge on any atom is 0.146 e. The zero-order valence-corrected chi connectivity index (χ0v) is 11.5. The summed E-state index contributed by atoms with van der Waals surface area (Å²) >= 11 is 0. The molecule has 0 amide bonds. The Morgan fingerprint density at radius 3 is 3.17 bits per heavy atom. The maximum atomic E-state index is 5.77. The van der Waals surface area contributed by atoms with Crippen molar-refractivity contribution in [2.45, 2.75) is 45.7 Å². The third-order valence-electron chi connectivity index (χ3n) is 3.39. The SMILES string of the molecule is CCCCC(C)NCc1cccc2c1OCCN2. The van der Waals surface area contributed by atoms with E-state index in [1.165, 1.54) is 24.8 Å². The van der Waals surface area contributed by atoms with Gasteiger partial charge in [-0.15, -0.1) is 0 Å². The van der Waals surface area contributed by atoms with Crippen molar-refractivity contribution in [3.63, 3.8) is 0 Å². The van der Waals surface area contributed by atoms with Crippen molar-refractivity contribution in [1.82, 2.24) is 5.32 Å². The molecule has 2 rings (SSSR count). The van der Waals surface area contributed by atoms with Crippen LogP contribution < -0.4 is 15.4 Å². The van der Waals surface area contributed by atoms with Crippen LogP contribution in [0, 0.1) is 0 Å². The molecule has 1 aliphatic heterocycles. The van der Waals surface area contributed by atoms with Crippen LogP contribution in [0.2, 0.25) is 0 Å². The zero-order chi connectivity index (χ0) is 12.8. The van der Waals surface area contributed by atoms with Crippen LogP contribution in [0.3, 0.4) is 0 Å². The van der Waals surface area contributed by atoms with E-state index in [1.54, 1.807) is 0 Å². The van der Waals surface area contributed by atoms with Crippen LogP contribution in [-0.2, 0) is 6.54 Å². The van der Waals surface area contributed by atoms with Gasteiger partial charge in [-0.3, -0.25) is 0 Å². The normalized spacial score (nSPS) is 15.4. The summed E-state index contributed by atoms with van der Waals surface area (Å²) in [7, 11) is 0. The minimum absolute atomic E-state index is 0.567. The van der Waals surface area contributed by atoms with E-state index in [0.717, 1.165) is 31.1 Å². The fraction of sp³-hybridized carbons (Fsp3) is 0.600. The van der Waals surface area contributed by atoms with Crippen molar-refractivity contribution in [3.05, 3.63) is 23.8 Å². The summed E-state index contributed by atoms with van der Waals surface area (Å²) in [5.74, 6) is 1.03. The van der Waals surface area contributed by atoms with E-state index in [9.17, 15) is 0 Å². The van der Waals surface area contributed by atoms with Crippen LogP contribution in [0.4, 0.5) is 5.69 Å². The summed E-state index contributed by atoms with van der Waals surface area (Å²) < 4.78 is 5.77. The predicted octanol–water partition coefficient (Wildman–Crippen LogP) is 3.16. The number of unbranched alkanes of at least 4 members (excludes halogenated alkanes) is 1. The average Bonchev–Trinajstić information content (AvgIpc) is 2.42. The number of rotatable bonds is 6. The van der Waals surface area contributed by atoms with E-state index >= 15 is 0 Å². The van der Waals surface area contributed by atoms with Crippen LogP contribution in [0.25, 0.3) is 0 Å². The fourth-order valence-electron chi connectivity index (χ4n) is 2.27. The van der Waals surface area contributed by atoms with Gasteiger partial charge in [-0.05, 0) is 19.4 Å². The molecular weight excluding hydrogens is 224 g/mol. The Morgan fingerprint density at radius 1 is 1.44 bits per heavy atom. The highest BCUT2D eigenvalue weighted by molar-refractivity contribution is 5.61. The molecule has 1 heterocycles. The lowest BCUT2D eigenvalue weighted by Crippen LogP contribution is -2.26. The number of para-hydroxylation sites is 1. The van der Waals surface area contributed by atoms with Crippen LogP contribution in [-0.4, -0.2) is 19.2 Å². The molecule has 2 N–H and O–H groups in total. The molecule has 100 valence electrons. The first-order valence-corrected chi connectivity index (χ1v) is 7.03. The summed E-state index contributed by atoms with van der Waals surface area (Å²) in [6.07, 6.45) is 3.80. The van der Waals surface area contributed by atoms with E-state index in [-0.39, 0.29) is 0 Å². The molecule has 1 aliphatic rings. The number of hydrogen-bond acceptors (Lipinski definition) is 3. The average molecular weight is 248 g/mol. The first-order chi connectivity index (χ1) is 8.81. The molecule has 0 bridgehead atoms. The van der Waals surface area contributed by atoms with Gasteiger partial charge in [-0.25, -0.2) is 0 Å². The third kappa shape index (κ3) is 3.39. The first-order valence-electron chi connectivity index (χ1n) is 7.03. The number of hydrogen-bond donors (Lipinski definition) is 2. The smallest absolute Gasteiger partial charge is 0.146 e. The third-order valence-corrected chi connectivity index (χ3v) is 3.39. The molecule has 0 aliphatic carbocycles. The van der Waals surface area contributed by atoms with E-state index < -0.39 is 0 Å². The zero-order valence-electron chi connectivity index (χ0n) is 11.5.